The molecule has 2 fully saturated rings. The Morgan fingerprint density at radius 3 is 2.13 bits per heavy atom. The van der Waals surface area contributed by atoms with Crippen LogP contribution in [-0.2, 0) is 14.3 Å². The lowest BCUT2D eigenvalue weighted by atomic mass is 9.87. The van der Waals surface area contributed by atoms with E-state index >= 15 is 0 Å². The van der Waals surface area contributed by atoms with E-state index in [-0.39, 0.29) is 11.8 Å². The molecule has 0 aliphatic carbocycles. The number of rotatable bonds is 2. The van der Waals surface area contributed by atoms with Gasteiger partial charge in [0.2, 0.25) is 0 Å². The van der Waals surface area contributed by atoms with Crippen LogP contribution in [0.3, 0.4) is 0 Å². The topological polar surface area (TPSA) is 46.6 Å². The van der Waals surface area contributed by atoms with E-state index in [0.717, 1.165) is 5.56 Å². The molecule has 0 radical (unpaired) electrons. The summed E-state index contributed by atoms with van der Waals surface area (Å²) in [5.74, 6) is -0.591. The smallest absolute Gasteiger partial charge is 0.271 e. The molecule has 114 valence electrons. The number of carbonyl (C=O) groups excluding carboxylic acids is 2. The fourth-order valence-corrected chi connectivity index (χ4v) is 3.07. The zero-order valence-corrected chi connectivity index (χ0v) is 12.4. The number of ether oxygens (including phenoxy) is 1. The summed E-state index contributed by atoms with van der Waals surface area (Å²) in [5.41, 5.74) is 0.772. The van der Waals surface area contributed by atoms with E-state index in [2.05, 4.69) is 0 Å². The number of amides is 2. The molecule has 2 aliphatic rings. The fourth-order valence-electron chi connectivity index (χ4n) is 3.07. The lowest BCUT2D eigenvalue weighted by Crippen LogP contribution is -2.51. The first-order chi connectivity index (χ1) is 11.2. The van der Waals surface area contributed by atoms with Gasteiger partial charge in [0.25, 0.3) is 11.8 Å². The average Bonchev–Trinajstić information content (AvgIpc) is 2.76. The summed E-state index contributed by atoms with van der Waals surface area (Å²) in [7, 11) is 0. The van der Waals surface area contributed by atoms with Gasteiger partial charge in [0.05, 0.1) is 17.9 Å². The number of carbonyl (C=O) groups is 2. The number of benzene rings is 2. The van der Waals surface area contributed by atoms with Gasteiger partial charge >= 0.3 is 0 Å². The van der Waals surface area contributed by atoms with Gasteiger partial charge in [0.15, 0.2) is 5.60 Å². The van der Waals surface area contributed by atoms with Crippen LogP contribution in [0.25, 0.3) is 6.08 Å². The summed E-state index contributed by atoms with van der Waals surface area (Å²) in [6.07, 6.45) is 2.31. The molecule has 2 aromatic rings. The average molecular weight is 305 g/mol. The highest BCUT2D eigenvalue weighted by molar-refractivity contribution is 6.34. The van der Waals surface area contributed by atoms with E-state index in [1.165, 1.54) is 4.90 Å². The molecule has 0 aromatic heterocycles. The van der Waals surface area contributed by atoms with Gasteiger partial charge in [0, 0.05) is 6.42 Å². The minimum atomic E-state index is -1.11. The van der Waals surface area contributed by atoms with E-state index in [1.54, 1.807) is 18.2 Å². The van der Waals surface area contributed by atoms with Gasteiger partial charge in [-0.2, -0.15) is 0 Å². The normalized spacial score (nSPS) is 25.2. The zero-order chi connectivity index (χ0) is 15.9. The Morgan fingerprint density at radius 2 is 1.57 bits per heavy atom. The Hall–Kier alpha value is -2.72. The standard InChI is InChI=1S/C19H15NO3/c21-17-16(13-14-7-3-1-4-8-14)19(11-12-23-19)18(22)20(17)15-9-5-2-6-10-15/h1-10,13H,11-12H2/b16-13-. The molecule has 1 unspecified atom stereocenters. The van der Waals surface area contributed by atoms with Gasteiger partial charge in [-0.05, 0) is 23.8 Å². The monoisotopic (exact) mass is 305 g/mol. The number of para-hydroxylation sites is 1. The van der Waals surface area contributed by atoms with E-state index in [9.17, 15) is 9.59 Å². The maximum Gasteiger partial charge on any atom is 0.271 e. The van der Waals surface area contributed by atoms with Crippen molar-refractivity contribution in [1.82, 2.24) is 0 Å². The number of hydrogen-bond donors (Lipinski definition) is 0. The van der Waals surface area contributed by atoms with Crippen LogP contribution >= 0.6 is 0 Å². The maximum absolute atomic E-state index is 12.9. The Morgan fingerprint density at radius 1 is 0.957 bits per heavy atom. The first kappa shape index (κ1) is 13.9. The van der Waals surface area contributed by atoms with Gasteiger partial charge in [-0.15, -0.1) is 0 Å². The Balaban J connectivity index is 1.82. The van der Waals surface area contributed by atoms with Crippen molar-refractivity contribution in [2.24, 2.45) is 0 Å². The summed E-state index contributed by atoms with van der Waals surface area (Å²) in [6, 6.07) is 18.5. The van der Waals surface area contributed by atoms with Crippen molar-refractivity contribution in [2.75, 3.05) is 11.5 Å². The Labute approximate surface area is 134 Å². The third-order valence-electron chi connectivity index (χ3n) is 4.34. The second-order valence-electron chi connectivity index (χ2n) is 5.68. The number of nitrogens with zero attached hydrogens (tertiary/aromatic N) is 1. The molecule has 1 atom stereocenters. The quantitative estimate of drug-likeness (QED) is 0.633. The lowest BCUT2D eigenvalue weighted by Gasteiger charge is -2.36. The predicted octanol–water partition coefficient (Wildman–Crippen LogP) is 2.80. The van der Waals surface area contributed by atoms with Crippen molar-refractivity contribution in [3.63, 3.8) is 0 Å². The van der Waals surface area contributed by atoms with E-state index < -0.39 is 5.60 Å². The molecule has 2 aliphatic heterocycles. The second-order valence-corrected chi connectivity index (χ2v) is 5.68. The molecule has 4 heteroatoms. The van der Waals surface area contributed by atoms with Crippen molar-refractivity contribution in [2.45, 2.75) is 12.0 Å². The number of hydrogen-bond acceptors (Lipinski definition) is 3. The molecular formula is C19H15NO3. The summed E-state index contributed by atoms with van der Waals surface area (Å²) in [5, 5.41) is 0. The first-order valence-corrected chi connectivity index (χ1v) is 7.57. The summed E-state index contributed by atoms with van der Waals surface area (Å²) in [4.78, 5) is 27.0. The molecule has 2 heterocycles. The maximum atomic E-state index is 12.9. The molecule has 0 N–H and O–H groups in total. The van der Waals surface area contributed by atoms with Crippen LogP contribution in [0.1, 0.15) is 12.0 Å². The summed E-state index contributed by atoms with van der Waals surface area (Å²) >= 11 is 0. The van der Waals surface area contributed by atoms with Crippen molar-refractivity contribution in [3.8, 4) is 0 Å². The van der Waals surface area contributed by atoms with Crippen LogP contribution in [0.15, 0.2) is 66.2 Å². The SMILES string of the molecule is O=C1/C(=C/c2ccccc2)C2(CCO2)C(=O)N1c1ccccc1. The van der Waals surface area contributed by atoms with Crippen molar-refractivity contribution in [1.29, 1.82) is 0 Å². The fraction of sp³-hybridized carbons (Fsp3) is 0.158. The molecule has 2 amide bonds. The van der Waals surface area contributed by atoms with Gasteiger partial charge in [-0.25, -0.2) is 4.90 Å². The largest absolute Gasteiger partial charge is 0.360 e. The third kappa shape index (κ3) is 2.03. The summed E-state index contributed by atoms with van der Waals surface area (Å²) in [6.45, 7) is 0.494. The molecule has 0 bridgehead atoms. The zero-order valence-electron chi connectivity index (χ0n) is 12.4. The molecular weight excluding hydrogens is 290 g/mol. The van der Waals surface area contributed by atoms with Crippen LogP contribution in [0.5, 0.6) is 0 Å². The van der Waals surface area contributed by atoms with Gasteiger partial charge < -0.3 is 4.74 Å². The van der Waals surface area contributed by atoms with Gasteiger partial charge in [0.1, 0.15) is 0 Å². The molecule has 4 nitrogen and oxygen atoms in total. The second kappa shape index (κ2) is 5.18. The third-order valence-corrected chi connectivity index (χ3v) is 4.34. The summed E-state index contributed by atoms with van der Waals surface area (Å²) < 4.78 is 5.62. The highest BCUT2D eigenvalue weighted by Gasteiger charge is 2.61. The lowest BCUT2D eigenvalue weighted by molar-refractivity contribution is -0.157. The molecule has 23 heavy (non-hydrogen) atoms. The Bertz CT molecular complexity index is 792. The van der Waals surface area contributed by atoms with E-state index in [1.807, 2.05) is 48.5 Å². The molecule has 2 aromatic carbocycles. The van der Waals surface area contributed by atoms with Gasteiger partial charge in [-0.3, -0.25) is 9.59 Å². The van der Waals surface area contributed by atoms with Crippen molar-refractivity contribution in [3.05, 3.63) is 71.8 Å². The van der Waals surface area contributed by atoms with Crippen LogP contribution < -0.4 is 4.90 Å². The minimum Gasteiger partial charge on any atom is -0.360 e. The minimum absolute atomic E-state index is 0.290. The van der Waals surface area contributed by atoms with Crippen molar-refractivity contribution < 1.29 is 14.3 Å². The molecule has 4 rings (SSSR count). The van der Waals surface area contributed by atoms with Crippen LogP contribution in [0, 0.1) is 0 Å². The van der Waals surface area contributed by atoms with Crippen LogP contribution in [0.2, 0.25) is 0 Å². The number of anilines is 1. The van der Waals surface area contributed by atoms with E-state index in [0.29, 0.717) is 24.3 Å². The van der Waals surface area contributed by atoms with Crippen LogP contribution in [-0.4, -0.2) is 24.0 Å². The first-order valence-electron chi connectivity index (χ1n) is 7.57. The molecule has 2 saturated heterocycles. The number of imide groups is 1. The highest BCUT2D eigenvalue weighted by Crippen LogP contribution is 2.44. The van der Waals surface area contributed by atoms with Gasteiger partial charge in [-0.1, -0.05) is 48.5 Å². The molecule has 0 saturated carbocycles. The van der Waals surface area contributed by atoms with E-state index in [4.69, 9.17) is 4.74 Å². The highest BCUT2D eigenvalue weighted by atomic mass is 16.5. The Kier molecular flexibility index (Phi) is 3.13. The van der Waals surface area contributed by atoms with Crippen LogP contribution in [0.4, 0.5) is 5.69 Å². The molecule has 1 spiro atoms. The predicted molar refractivity (Wildman–Crippen MR) is 86.7 cm³/mol. The van der Waals surface area contributed by atoms with Crippen molar-refractivity contribution >= 4 is 23.6 Å².